The van der Waals surface area contributed by atoms with E-state index in [9.17, 15) is 4.79 Å². The molecular weight excluding hydrogens is 419 g/mol. The minimum absolute atomic E-state index is 0.329. The van der Waals surface area contributed by atoms with Crippen molar-refractivity contribution in [3.63, 3.8) is 0 Å². The van der Waals surface area contributed by atoms with E-state index in [2.05, 4.69) is 17.8 Å². The maximum absolute atomic E-state index is 11.9. The normalized spacial score (nSPS) is 9.17. The number of halogens is 2. The second-order valence-electron chi connectivity index (χ2n) is 5.84. The van der Waals surface area contributed by atoms with E-state index in [-0.39, 0.29) is 5.78 Å². The summed E-state index contributed by atoms with van der Waals surface area (Å²) >= 11 is 11.7. The molecule has 3 nitrogen and oxygen atoms in total. The third kappa shape index (κ3) is 7.22. The predicted octanol–water partition coefficient (Wildman–Crippen LogP) is 5.91. The van der Waals surface area contributed by atoms with E-state index in [1.165, 1.54) is 0 Å². The van der Waals surface area contributed by atoms with E-state index in [0.717, 1.165) is 22.6 Å². The van der Waals surface area contributed by atoms with Gasteiger partial charge in [0.2, 0.25) is 5.78 Å². The molecule has 5 heteroatoms. The lowest BCUT2D eigenvalue weighted by atomic mass is 10.1. The second-order valence-corrected chi connectivity index (χ2v) is 6.71. The Hall–Kier alpha value is -3.37. The van der Waals surface area contributed by atoms with Gasteiger partial charge in [0.15, 0.2) is 0 Å². The fourth-order valence-electron chi connectivity index (χ4n) is 2.25. The zero-order chi connectivity index (χ0) is 21.9. The molecule has 0 aromatic heterocycles. The molecule has 0 fully saturated rings. The van der Waals surface area contributed by atoms with E-state index in [4.69, 9.17) is 39.1 Å². The van der Waals surface area contributed by atoms with Gasteiger partial charge in [0, 0.05) is 26.7 Å². The SMILES string of the molecule is C#Cc1ccc(OC)cc1.COc1ccc(C#CC(=O)c2cc(Cl)cc(Cl)c2)cc1. The molecule has 3 rings (SSSR count). The van der Waals surface area contributed by atoms with Crippen LogP contribution < -0.4 is 9.47 Å². The van der Waals surface area contributed by atoms with Gasteiger partial charge in [-0.25, -0.2) is 0 Å². The van der Waals surface area contributed by atoms with Crippen molar-refractivity contribution in [2.45, 2.75) is 0 Å². The number of ketones is 1. The Morgan fingerprint density at radius 1 is 0.800 bits per heavy atom. The van der Waals surface area contributed by atoms with Crippen LogP contribution in [0.2, 0.25) is 10.0 Å². The summed E-state index contributed by atoms with van der Waals surface area (Å²) in [4.78, 5) is 11.9. The largest absolute Gasteiger partial charge is 0.497 e. The number of carbonyl (C=O) groups is 1. The molecule has 0 amide bonds. The van der Waals surface area contributed by atoms with Crippen LogP contribution >= 0.6 is 23.2 Å². The van der Waals surface area contributed by atoms with Crippen molar-refractivity contribution in [2.24, 2.45) is 0 Å². The first-order valence-electron chi connectivity index (χ1n) is 8.72. The monoisotopic (exact) mass is 436 g/mol. The van der Waals surface area contributed by atoms with Crippen LogP contribution in [-0.4, -0.2) is 20.0 Å². The quantitative estimate of drug-likeness (QED) is 0.377. The predicted molar refractivity (Wildman–Crippen MR) is 122 cm³/mol. The second kappa shape index (κ2) is 11.6. The highest BCUT2D eigenvalue weighted by atomic mass is 35.5. The van der Waals surface area contributed by atoms with Crippen LogP contribution in [0.4, 0.5) is 0 Å². The fourth-order valence-corrected chi connectivity index (χ4v) is 2.77. The van der Waals surface area contributed by atoms with Gasteiger partial charge in [-0.3, -0.25) is 4.79 Å². The van der Waals surface area contributed by atoms with Crippen molar-refractivity contribution >= 4 is 29.0 Å². The summed E-state index contributed by atoms with van der Waals surface area (Å²) < 4.78 is 9.99. The van der Waals surface area contributed by atoms with E-state index in [1.54, 1.807) is 56.7 Å². The van der Waals surface area contributed by atoms with E-state index >= 15 is 0 Å². The Balaban J connectivity index is 0.000000269. The highest BCUT2D eigenvalue weighted by Gasteiger charge is 2.05. The smallest absolute Gasteiger partial charge is 0.236 e. The molecule has 0 bridgehead atoms. The fraction of sp³-hybridized carbons (Fsp3) is 0.0800. The summed E-state index contributed by atoms with van der Waals surface area (Å²) in [7, 11) is 3.22. The van der Waals surface area contributed by atoms with Crippen LogP contribution in [0.25, 0.3) is 0 Å². The molecule has 0 unspecified atom stereocenters. The van der Waals surface area contributed by atoms with Gasteiger partial charge >= 0.3 is 0 Å². The zero-order valence-electron chi connectivity index (χ0n) is 16.4. The summed E-state index contributed by atoms with van der Waals surface area (Å²) in [6.07, 6.45) is 5.15. The number of carbonyl (C=O) groups excluding carboxylic acids is 1. The number of terminal acetylenes is 1. The molecule has 0 radical (unpaired) electrons. The highest BCUT2D eigenvalue weighted by Crippen LogP contribution is 2.19. The van der Waals surface area contributed by atoms with Crippen LogP contribution in [0, 0.1) is 24.2 Å². The van der Waals surface area contributed by atoms with E-state index in [1.807, 2.05) is 24.3 Å². The Morgan fingerprint density at radius 2 is 1.27 bits per heavy atom. The van der Waals surface area contributed by atoms with Gasteiger partial charge in [0.25, 0.3) is 0 Å². The summed E-state index contributed by atoms with van der Waals surface area (Å²) in [5, 5.41) is 0.819. The Bertz CT molecular complexity index is 1080. The van der Waals surface area contributed by atoms with Gasteiger partial charge in [-0.15, -0.1) is 6.42 Å². The van der Waals surface area contributed by atoms with Gasteiger partial charge < -0.3 is 9.47 Å². The molecule has 0 saturated carbocycles. The van der Waals surface area contributed by atoms with Crippen molar-refractivity contribution in [2.75, 3.05) is 14.2 Å². The number of hydrogen-bond donors (Lipinski definition) is 0. The van der Waals surface area contributed by atoms with Crippen molar-refractivity contribution < 1.29 is 14.3 Å². The molecule has 0 aliphatic carbocycles. The maximum atomic E-state index is 11.9. The molecule has 30 heavy (non-hydrogen) atoms. The molecule has 150 valence electrons. The Labute approximate surface area is 186 Å². The lowest BCUT2D eigenvalue weighted by molar-refractivity contribution is 0.105. The van der Waals surface area contributed by atoms with Crippen LogP contribution in [0.5, 0.6) is 11.5 Å². The van der Waals surface area contributed by atoms with Gasteiger partial charge in [-0.2, -0.15) is 0 Å². The lowest BCUT2D eigenvalue weighted by Gasteiger charge is -1.98. The van der Waals surface area contributed by atoms with Crippen LogP contribution in [0.1, 0.15) is 21.5 Å². The van der Waals surface area contributed by atoms with Crippen LogP contribution in [-0.2, 0) is 0 Å². The average molecular weight is 437 g/mol. The van der Waals surface area contributed by atoms with Crippen molar-refractivity contribution in [3.05, 3.63) is 93.5 Å². The number of ether oxygens (including phenoxy) is 2. The van der Waals surface area contributed by atoms with Gasteiger partial charge in [-0.1, -0.05) is 35.0 Å². The summed E-state index contributed by atoms with van der Waals surface area (Å²) in [5.74, 6) is 9.12. The lowest BCUT2D eigenvalue weighted by Crippen LogP contribution is -1.95. The minimum atomic E-state index is -0.329. The summed E-state index contributed by atoms with van der Waals surface area (Å²) in [6.45, 7) is 0. The summed E-state index contributed by atoms with van der Waals surface area (Å²) in [5.41, 5.74) is 1.98. The molecule has 0 aliphatic rings. The number of rotatable bonds is 3. The van der Waals surface area contributed by atoms with Crippen LogP contribution in [0.3, 0.4) is 0 Å². The average Bonchev–Trinajstić information content (AvgIpc) is 2.77. The number of hydrogen-bond acceptors (Lipinski definition) is 3. The number of benzene rings is 3. The zero-order valence-corrected chi connectivity index (χ0v) is 17.9. The molecular formula is C25H18Cl2O3. The van der Waals surface area contributed by atoms with Crippen molar-refractivity contribution in [1.29, 1.82) is 0 Å². The van der Waals surface area contributed by atoms with Crippen molar-refractivity contribution in [1.82, 2.24) is 0 Å². The Morgan fingerprint density at radius 3 is 1.70 bits per heavy atom. The summed E-state index contributed by atoms with van der Waals surface area (Å²) in [6, 6.07) is 19.2. The topological polar surface area (TPSA) is 35.5 Å². The number of methoxy groups -OCH3 is 2. The molecule has 3 aromatic carbocycles. The maximum Gasteiger partial charge on any atom is 0.236 e. The Kier molecular flexibility index (Phi) is 8.85. The number of Topliss-reactive ketones (excluding diaryl/α,β-unsaturated/α-hetero) is 1. The molecule has 3 aromatic rings. The van der Waals surface area contributed by atoms with Crippen LogP contribution in [0.15, 0.2) is 66.7 Å². The molecule has 0 saturated heterocycles. The van der Waals surface area contributed by atoms with Gasteiger partial charge in [-0.05, 0) is 72.7 Å². The molecule has 0 atom stereocenters. The third-order valence-electron chi connectivity index (χ3n) is 3.79. The first-order chi connectivity index (χ1) is 14.4. The minimum Gasteiger partial charge on any atom is -0.497 e. The first kappa shape index (κ1) is 22.9. The van der Waals surface area contributed by atoms with Crippen molar-refractivity contribution in [3.8, 4) is 35.7 Å². The highest BCUT2D eigenvalue weighted by molar-refractivity contribution is 6.35. The molecule has 0 N–H and O–H groups in total. The van der Waals surface area contributed by atoms with E-state index in [0.29, 0.717) is 15.6 Å². The van der Waals surface area contributed by atoms with Gasteiger partial charge in [0.05, 0.1) is 14.2 Å². The third-order valence-corrected chi connectivity index (χ3v) is 4.23. The standard InChI is InChI=1S/C16H10Cl2O2.C9H8O/c1-20-15-5-2-11(3-6-15)4-7-16(19)12-8-13(17)10-14(18)9-12;1-3-8-4-6-9(10-2)7-5-8/h2-3,5-6,8-10H,1H3;1,4-7H,2H3. The molecule has 0 aliphatic heterocycles. The van der Waals surface area contributed by atoms with E-state index < -0.39 is 0 Å². The molecule has 0 heterocycles. The van der Waals surface area contributed by atoms with Gasteiger partial charge in [0.1, 0.15) is 11.5 Å². The first-order valence-corrected chi connectivity index (χ1v) is 9.48. The molecule has 0 spiro atoms.